The van der Waals surface area contributed by atoms with Gasteiger partial charge in [-0.15, -0.1) is 0 Å². The normalized spacial score (nSPS) is 14.5. The minimum Gasteiger partial charge on any atom is -0.460 e. The molecule has 0 aromatic carbocycles. The molecule has 0 aliphatic carbocycles. The summed E-state index contributed by atoms with van der Waals surface area (Å²) in [6.45, 7) is 7.75. The zero-order valence-electron chi connectivity index (χ0n) is 8.99. The molecular formula is C10H18O4. The summed E-state index contributed by atoms with van der Waals surface area (Å²) < 4.78 is 15.1. The second-order valence-electron chi connectivity index (χ2n) is 3.02. The number of hydrogen-bond acceptors (Lipinski definition) is 4. The van der Waals surface area contributed by atoms with Gasteiger partial charge in [-0.2, -0.15) is 0 Å². The first-order valence-corrected chi connectivity index (χ1v) is 4.53. The lowest BCUT2D eigenvalue weighted by atomic mass is 10.4. The van der Waals surface area contributed by atoms with Crippen LogP contribution < -0.4 is 0 Å². The first-order valence-electron chi connectivity index (χ1n) is 4.53. The Bertz CT molecular complexity index is 179. The van der Waals surface area contributed by atoms with E-state index in [1.165, 1.54) is 0 Å². The van der Waals surface area contributed by atoms with Crippen LogP contribution in [0.1, 0.15) is 13.8 Å². The summed E-state index contributed by atoms with van der Waals surface area (Å²) in [4.78, 5) is 10.7. The number of ether oxygens (including phenoxy) is 3. The molecule has 0 aliphatic heterocycles. The van der Waals surface area contributed by atoms with E-state index in [0.717, 1.165) is 6.08 Å². The zero-order valence-corrected chi connectivity index (χ0v) is 8.99. The molecule has 0 rings (SSSR count). The van der Waals surface area contributed by atoms with Gasteiger partial charge in [0.15, 0.2) is 0 Å². The Morgan fingerprint density at radius 3 is 2.50 bits per heavy atom. The summed E-state index contributed by atoms with van der Waals surface area (Å²) in [5, 5.41) is 0. The highest BCUT2D eigenvalue weighted by atomic mass is 16.6. The van der Waals surface area contributed by atoms with Crippen molar-refractivity contribution in [1.82, 2.24) is 0 Å². The summed E-state index contributed by atoms with van der Waals surface area (Å²) in [7, 11) is 1.62. The Labute approximate surface area is 84.8 Å². The first kappa shape index (κ1) is 13.1. The van der Waals surface area contributed by atoms with Gasteiger partial charge in [-0.1, -0.05) is 6.58 Å². The van der Waals surface area contributed by atoms with E-state index in [9.17, 15) is 4.79 Å². The van der Waals surface area contributed by atoms with Gasteiger partial charge >= 0.3 is 5.97 Å². The molecule has 4 heteroatoms. The van der Waals surface area contributed by atoms with Crippen molar-refractivity contribution < 1.29 is 19.0 Å². The van der Waals surface area contributed by atoms with E-state index in [4.69, 9.17) is 14.2 Å². The minimum atomic E-state index is -0.430. The Balaban J connectivity index is 3.50. The molecule has 0 heterocycles. The van der Waals surface area contributed by atoms with Gasteiger partial charge in [-0.25, -0.2) is 4.79 Å². The lowest BCUT2D eigenvalue weighted by molar-refractivity contribution is -0.142. The molecule has 0 amide bonds. The van der Waals surface area contributed by atoms with E-state index in [-0.39, 0.29) is 18.8 Å². The molecule has 0 aromatic heterocycles. The smallest absolute Gasteiger partial charge is 0.330 e. The largest absolute Gasteiger partial charge is 0.460 e. The van der Waals surface area contributed by atoms with Crippen LogP contribution >= 0.6 is 0 Å². The molecular weight excluding hydrogens is 184 g/mol. The van der Waals surface area contributed by atoms with Crippen LogP contribution in [-0.2, 0) is 19.0 Å². The van der Waals surface area contributed by atoms with Gasteiger partial charge in [-0.05, 0) is 13.8 Å². The highest BCUT2D eigenvalue weighted by Crippen LogP contribution is 1.96. The predicted molar refractivity (Wildman–Crippen MR) is 53.0 cm³/mol. The van der Waals surface area contributed by atoms with Crippen molar-refractivity contribution in [3.63, 3.8) is 0 Å². The van der Waals surface area contributed by atoms with E-state index < -0.39 is 5.97 Å². The molecule has 14 heavy (non-hydrogen) atoms. The Morgan fingerprint density at radius 2 is 2.00 bits per heavy atom. The molecule has 82 valence electrons. The molecule has 0 saturated heterocycles. The SMILES string of the molecule is C=CC(=O)OCC(C)OCC(C)OC. The molecule has 0 bridgehead atoms. The lowest BCUT2D eigenvalue weighted by Crippen LogP contribution is -2.23. The van der Waals surface area contributed by atoms with E-state index in [2.05, 4.69) is 6.58 Å². The minimum absolute atomic E-state index is 0.0487. The Morgan fingerprint density at radius 1 is 1.36 bits per heavy atom. The van der Waals surface area contributed by atoms with Crippen LogP contribution in [0.4, 0.5) is 0 Å². The van der Waals surface area contributed by atoms with Crippen molar-refractivity contribution >= 4 is 5.97 Å². The highest BCUT2D eigenvalue weighted by molar-refractivity contribution is 5.81. The highest BCUT2D eigenvalue weighted by Gasteiger charge is 2.07. The molecule has 2 unspecified atom stereocenters. The summed E-state index contributed by atoms with van der Waals surface area (Å²) in [5.41, 5.74) is 0. The molecule has 0 aliphatic rings. The molecule has 0 spiro atoms. The standard InChI is InChI=1S/C10H18O4/c1-5-10(11)14-7-9(3)13-6-8(2)12-4/h5,8-9H,1,6-7H2,2-4H3. The number of hydrogen-bond donors (Lipinski definition) is 0. The Kier molecular flexibility index (Phi) is 7.06. The third-order valence-corrected chi connectivity index (χ3v) is 1.64. The van der Waals surface area contributed by atoms with Gasteiger partial charge in [-0.3, -0.25) is 0 Å². The van der Waals surface area contributed by atoms with Crippen molar-refractivity contribution in [1.29, 1.82) is 0 Å². The summed E-state index contributed by atoms with van der Waals surface area (Å²) in [5.74, 6) is -0.430. The fraction of sp³-hybridized carbons (Fsp3) is 0.700. The van der Waals surface area contributed by atoms with Crippen molar-refractivity contribution in [3.05, 3.63) is 12.7 Å². The number of carbonyl (C=O) groups excluding carboxylic acids is 1. The maximum atomic E-state index is 10.7. The fourth-order valence-corrected chi connectivity index (χ4v) is 0.674. The second kappa shape index (κ2) is 7.53. The van der Waals surface area contributed by atoms with Crippen molar-refractivity contribution in [2.24, 2.45) is 0 Å². The molecule has 2 atom stereocenters. The number of methoxy groups -OCH3 is 1. The monoisotopic (exact) mass is 202 g/mol. The van der Waals surface area contributed by atoms with Crippen LogP contribution in [0.15, 0.2) is 12.7 Å². The van der Waals surface area contributed by atoms with Crippen LogP contribution in [0.5, 0.6) is 0 Å². The third-order valence-electron chi connectivity index (χ3n) is 1.64. The van der Waals surface area contributed by atoms with Gasteiger partial charge in [0.05, 0.1) is 18.8 Å². The fourth-order valence-electron chi connectivity index (χ4n) is 0.674. The number of esters is 1. The zero-order chi connectivity index (χ0) is 11.0. The van der Waals surface area contributed by atoms with Crippen LogP contribution in [-0.4, -0.2) is 38.5 Å². The van der Waals surface area contributed by atoms with Crippen LogP contribution in [0.3, 0.4) is 0 Å². The van der Waals surface area contributed by atoms with Gasteiger partial charge in [0.25, 0.3) is 0 Å². The topological polar surface area (TPSA) is 44.8 Å². The quantitative estimate of drug-likeness (QED) is 0.459. The predicted octanol–water partition coefficient (Wildman–Crippen LogP) is 1.16. The maximum Gasteiger partial charge on any atom is 0.330 e. The van der Waals surface area contributed by atoms with Gasteiger partial charge in [0.1, 0.15) is 6.61 Å². The molecule has 4 nitrogen and oxygen atoms in total. The van der Waals surface area contributed by atoms with Crippen molar-refractivity contribution in [3.8, 4) is 0 Å². The molecule has 0 N–H and O–H groups in total. The average molecular weight is 202 g/mol. The van der Waals surface area contributed by atoms with Crippen molar-refractivity contribution in [2.45, 2.75) is 26.1 Å². The summed E-state index contributed by atoms with van der Waals surface area (Å²) >= 11 is 0. The van der Waals surface area contributed by atoms with Crippen LogP contribution in [0.2, 0.25) is 0 Å². The number of rotatable bonds is 7. The van der Waals surface area contributed by atoms with E-state index in [1.54, 1.807) is 7.11 Å². The lowest BCUT2D eigenvalue weighted by Gasteiger charge is -2.15. The maximum absolute atomic E-state index is 10.7. The Hall–Kier alpha value is -0.870. The first-order chi connectivity index (χ1) is 6.60. The average Bonchev–Trinajstić information content (AvgIpc) is 2.22. The molecule has 0 fully saturated rings. The van der Waals surface area contributed by atoms with Gasteiger partial charge in [0, 0.05) is 13.2 Å². The van der Waals surface area contributed by atoms with E-state index >= 15 is 0 Å². The van der Waals surface area contributed by atoms with Crippen molar-refractivity contribution in [2.75, 3.05) is 20.3 Å². The molecule has 0 aromatic rings. The third kappa shape index (κ3) is 6.62. The second-order valence-corrected chi connectivity index (χ2v) is 3.02. The summed E-state index contributed by atoms with van der Waals surface area (Å²) in [6, 6.07) is 0. The van der Waals surface area contributed by atoms with E-state index in [1.807, 2.05) is 13.8 Å². The number of carbonyl (C=O) groups is 1. The van der Waals surface area contributed by atoms with Crippen LogP contribution in [0.25, 0.3) is 0 Å². The molecule has 0 saturated carbocycles. The summed E-state index contributed by atoms with van der Waals surface area (Å²) in [6.07, 6.45) is 1.05. The van der Waals surface area contributed by atoms with E-state index in [0.29, 0.717) is 6.61 Å². The van der Waals surface area contributed by atoms with Gasteiger partial charge < -0.3 is 14.2 Å². The van der Waals surface area contributed by atoms with Gasteiger partial charge in [0.2, 0.25) is 0 Å². The molecule has 0 radical (unpaired) electrons. The van der Waals surface area contributed by atoms with Crippen LogP contribution in [0, 0.1) is 0 Å².